The van der Waals surface area contributed by atoms with Gasteiger partial charge in [-0.25, -0.2) is 0 Å². The fourth-order valence-corrected chi connectivity index (χ4v) is 6.70. The zero-order chi connectivity index (χ0) is 32.0. The van der Waals surface area contributed by atoms with Crippen molar-refractivity contribution < 1.29 is 4.74 Å². The van der Waals surface area contributed by atoms with Crippen LogP contribution in [0.25, 0.3) is 0 Å². The quantitative estimate of drug-likeness (QED) is 0.0770. The summed E-state index contributed by atoms with van der Waals surface area (Å²) in [7, 11) is 0. The van der Waals surface area contributed by atoms with Gasteiger partial charge in [0.05, 0.1) is 12.3 Å². The summed E-state index contributed by atoms with van der Waals surface area (Å²) in [6.45, 7) is 19.0. The van der Waals surface area contributed by atoms with Crippen LogP contribution in [0.1, 0.15) is 155 Å². The summed E-state index contributed by atoms with van der Waals surface area (Å²) in [5.41, 5.74) is 3.71. The Balaban J connectivity index is 2.21. The number of thiophene rings is 1. The Kier molecular flexibility index (Phi) is 20.4. The Hall–Kier alpha value is -1.88. The molecular formula is C39H67N3OS. The van der Waals surface area contributed by atoms with Crippen molar-refractivity contribution >= 4 is 27.7 Å². The largest absolute Gasteiger partial charge is 0.492 e. The highest BCUT2D eigenvalue weighted by Gasteiger charge is 2.16. The summed E-state index contributed by atoms with van der Waals surface area (Å²) >= 11 is 1.68. The van der Waals surface area contributed by atoms with Gasteiger partial charge in [-0.15, -0.1) is 21.6 Å². The molecule has 0 aliphatic rings. The van der Waals surface area contributed by atoms with Crippen LogP contribution in [0.5, 0.6) is 5.75 Å². The molecule has 2 rings (SSSR count). The Bertz CT molecular complexity index is 1030. The first-order valence-corrected chi connectivity index (χ1v) is 19.3. The molecule has 0 saturated heterocycles. The fraction of sp³-hybridized carbons (Fsp3) is 0.744. The van der Waals surface area contributed by atoms with E-state index in [1.807, 2.05) is 0 Å². The number of rotatable bonds is 26. The standard InChI is InChI=1S/C39H67N3OS/c1-8-14-18-19-20-21-27-42(30-33(12-5)22-15-9-2)36-25-26-37(35(28-36)24-17-11-4)40-41-39-29-38(32(7)44-39)43-31-34(13-6)23-16-10-3/h25-26,28-29,33-34H,8-24,27,30-31H2,1-7H3/b41-40+. The molecule has 2 atom stereocenters. The number of benzene rings is 1. The second-order valence-electron chi connectivity index (χ2n) is 13.0. The molecule has 0 spiro atoms. The molecule has 5 heteroatoms. The van der Waals surface area contributed by atoms with Crippen LogP contribution in [0.3, 0.4) is 0 Å². The van der Waals surface area contributed by atoms with Crippen molar-refractivity contribution in [1.29, 1.82) is 0 Å². The highest BCUT2D eigenvalue weighted by molar-refractivity contribution is 7.16. The van der Waals surface area contributed by atoms with Crippen molar-refractivity contribution in [2.75, 3.05) is 24.6 Å². The molecule has 1 aromatic carbocycles. The molecular weight excluding hydrogens is 559 g/mol. The molecule has 0 saturated carbocycles. The molecule has 0 amide bonds. The topological polar surface area (TPSA) is 37.2 Å². The molecule has 0 bridgehead atoms. The molecule has 0 aliphatic heterocycles. The third-order valence-electron chi connectivity index (χ3n) is 9.16. The van der Waals surface area contributed by atoms with Gasteiger partial charge in [-0.2, -0.15) is 0 Å². The maximum Gasteiger partial charge on any atom is 0.142 e. The second kappa shape index (κ2) is 23.5. The van der Waals surface area contributed by atoms with Crippen LogP contribution in [0.15, 0.2) is 34.5 Å². The van der Waals surface area contributed by atoms with E-state index < -0.39 is 0 Å². The number of ether oxygens (including phenoxy) is 1. The molecule has 0 radical (unpaired) electrons. The second-order valence-corrected chi connectivity index (χ2v) is 14.2. The van der Waals surface area contributed by atoms with Gasteiger partial charge < -0.3 is 9.64 Å². The first kappa shape index (κ1) is 38.3. The molecule has 0 fully saturated rings. The van der Waals surface area contributed by atoms with E-state index in [4.69, 9.17) is 15.0 Å². The van der Waals surface area contributed by atoms with E-state index >= 15 is 0 Å². The highest BCUT2D eigenvalue weighted by Crippen LogP contribution is 2.37. The van der Waals surface area contributed by atoms with Gasteiger partial charge in [-0.05, 0) is 74.6 Å². The van der Waals surface area contributed by atoms with Crippen LogP contribution in [-0.2, 0) is 6.42 Å². The summed E-state index contributed by atoms with van der Waals surface area (Å²) in [6.07, 6.45) is 21.6. The lowest BCUT2D eigenvalue weighted by atomic mass is 9.97. The van der Waals surface area contributed by atoms with Crippen LogP contribution in [0.2, 0.25) is 0 Å². The summed E-state index contributed by atoms with van der Waals surface area (Å²) in [6, 6.07) is 9.05. The molecule has 0 aliphatic carbocycles. The number of nitrogens with zero attached hydrogens (tertiary/aromatic N) is 3. The van der Waals surface area contributed by atoms with Gasteiger partial charge in [0.15, 0.2) is 0 Å². The SMILES string of the molecule is CCCCCCCCN(CC(CC)CCCC)c1ccc(/N=N/c2cc(OCC(CC)CCCC)c(C)s2)c(CCCC)c1. The minimum atomic E-state index is 0.624. The predicted octanol–water partition coefficient (Wildman–Crippen LogP) is 13.8. The molecule has 2 aromatic rings. The Morgan fingerprint density at radius 1 is 0.727 bits per heavy atom. The number of hydrogen-bond acceptors (Lipinski definition) is 5. The highest BCUT2D eigenvalue weighted by atomic mass is 32.1. The molecule has 1 aromatic heterocycles. The number of unbranched alkanes of at least 4 members (excludes halogenated alkanes) is 8. The molecule has 2 unspecified atom stereocenters. The number of aryl methyl sites for hydroxylation is 2. The first-order chi connectivity index (χ1) is 21.5. The smallest absolute Gasteiger partial charge is 0.142 e. The van der Waals surface area contributed by atoms with Gasteiger partial charge in [0, 0.05) is 29.7 Å². The van der Waals surface area contributed by atoms with Crippen molar-refractivity contribution in [2.45, 2.75) is 158 Å². The average molecular weight is 626 g/mol. The fourth-order valence-electron chi connectivity index (χ4n) is 5.92. The number of hydrogen-bond donors (Lipinski definition) is 0. The maximum atomic E-state index is 6.27. The number of azo groups is 1. The van der Waals surface area contributed by atoms with Crippen LogP contribution in [0.4, 0.5) is 16.4 Å². The Morgan fingerprint density at radius 2 is 1.39 bits per heavy atom. The molecule has 44 heavy (non-hydrogen) atoms. The lowest BCUT2D eigenvalue weighted by Gasteiger charge is -2.30. The molecule has 4 nitrogen and oxygen atoms in total. The normalized spacial score (nSPS) is 13.1. The Labute approximate surface area is 276 Å². The zero-order valence-electron chi connectivity index (χ0n) is 29.8. The lowest BCUT2D eigenvalue weighted by molar-refractivity contribution is 0.233. The van der Waals surface area contributed by atoms with Crippen molar-refractivity contribution in [2.24, 2.45) is 22.1 Å². The maximum absolute atomic E-state index is 6.27. The van der Waals surface area contributed by atoms with Crippen molar-refractivity contribution in [1.82, 2.24) is 0 Å². The van der Waals surface area contributed by atoms with E-state index in [1.54, 1.807) is 11.3 Å². The van der Waals surface area contributed by atoms with Crippen LogP contribution in [-0.4, -0.2) is 19.7 Å². The predicted molar refractivity (Wildman–Crippen MR) is 196 cm³/mol. The van der Waals surface area contributed by atoms with Gasteiger partial charge in [0.2, 0.25) is 0 Å². The Morgan fingerprint density at radius 3 is 2.07 bits per heavy atom. The van der Waals surface area contributed by atoms with E-state index in [1.165, 1.54) is 119 Å². The number of anilines is 1. The van der Waals surface area contributed by atoms with E-state index in [0.717, 1.165) is 48.5 Å². The van der Waals surface area contributed by atoms with Gasteiger partial charge in [0.1, 0.15) is 10.8 Å². The third-order valence-corrected chi connectivity index (χ3v) is 10.1. The van der Waals surface area contributed by atoms with Crippen LogP contribution < -0.4 is 9.64 Å². The minimum absolute atomic E-state index is 0.624. The summed E-state index contributed by atoms with van der Waals surface area (Å²) < 4.78 is 6.27. The van der Waals surface area contributed by atoms with Gasteiger partial charge in [0.25, 0.3) is 0 Å². The average Bonchev–Trinajstić information content (AvgIpc) is 3.40. The lowest BCUT2D eigenvalue weighted by Crippen LogP contribution is -2.30. The van der Waals surface area contributed by atoms with E-state index in [9.17, 15) is 0 Å². The summed E-state index contributed by atoms with van der Waals surface area (Å²) in [4.78, 5) is 3.88. The third kappa shape index (κ3) is 14.5. The monoisotopic (exact) mass is 626 g/mol. The van der Waals surface area contributed by atoms with Gasteiger partial charge >= 0.3 is 0 Å². The summed E-state index contributed by atoms with van der Waals surface area (Å²) in [5, 5.41) is 10.5. The van der Waals surface area contributed by atoms with Crippen molar-refractivity contribution in [3.63, 3.8) is 0 Å². The molecule has 250 valence electrons. The summed E-state index contributed by atoms with van der Waals surface area (Å²) in [5.74, 6) is 2.35. The van der Waals surface area contributed by atoms with Crippen LogP contribution in [0, 0.1) is 18.8 Å². The van der Waals surface area contributed by atoms with Crippen LogP contribution >= 0.6 is 11.3 Å². The molecule has 1 heterocycles. The van der Waals surface area contributed by atoms with E-state index in [-0.39, 0.29) is 0 Å². The van der Waals surface area contributed by atoms with E-state index in [0.29, 0.717) is 5.92 Å². The van der Waals surface area contributed by atoms with Crippen molar-refractivity contribution in [3.05, 3.63) is 34.7 Å². The first-order valence-electron chi connectivity index (χ1n) is 18.5. The zero-order valence-corrected chi connectivity index (χ0v) is 30.6. The van der Waals surface area contributed by atoms with Gasteiger partial charge in [-0.1, -0.05) is 119 Å². The minimum Gasteiger partial charge on any atom is -0.492 e. The van der Waals surface area contributed by atoms with E-state index in [2.05, 4.69) is 77.6 Å². The van der Waals surface area contributed by atoms with Gasteiger partial charge in [-0.3, -0.25) is 0 Å². The molecule has 0 N–H and O–H groups in total. The van der Waals surface area contributed by atoms with Crippen molar-refractivity contribution in [3.8, 4) is 5.75 Å².